The molecule has 1 fully saturated rings. The minimum absolute atomic E-state index is 0.106. The zero-order valence-electron chi connectivity index (χ0n) is 14.3. The summed E-state index contributed by atoms with van der Waals surface area (Å²) >= 11 is 0. The van der Waals surface area contributed by atoms with Crippen molar-refractivity contribution in [2.45, 2.75) is 18.9 Å². The summed E-state index contributed by atoms with van der Waals surface area (Å²) in [6, 6.07) is 12.9. The zero-order valence-corrected chi connectivity index (χ0v) is 14.3. The summed E-state index contributed by atoms with van der Waals surface area (Å²) < 4.78 is 15.1. The molecule has 3 heterocycles. The molecular weight excluding hydrogens is 331 g/mol. The van der Waals surface area contributed by atoms with Crippen LogP contribution in [0.5, 0.6) is 0 Å². The van der Waals surface area contributed by atoms with Gasteiger partial charge < -0.3 is 9.47 Å². The van der Waals surface area contributed by atoms with Gasteiger partial charge in [-0.05, 0) is 25.0 Å². The van der Waals surface area contributed by atoms with E-state index in [-0.39, 0.29) is 11.9 Å². The van der Waals surface area contributed by atoms with Crippen molar-refractivity contribution in [3.05, 3.63) is 72.7 Å². The molecule has 0 spiro atoms. The predicted molar refractivity (Wildman–Crippen MR) is 96.0 cm³/mol. The summed E-state index contributed by atoms with van der Waals surface area (Å²) in [5, 5.41) is 0. The Morgan fingerprint density at radius 1 is 1.12 bits per heavy atom. The van der Waals surface area contributed by atoms with Crippen LogP contribution in [-0.2, 0) is 0 Å². The Morgan fingerprint density at radius 3 is 2.73 bits per heavy atom. The van der Waals surface area contributed by atoms with Crippen LogP contribution in [0.3, 0.4) is 0 Å². The molecule has 1 aliphatic rings. The molecule has 0 radical (unpaired) electrons. The normalized spacial score (nSPS) is 17.3. The van der Waals surface area contributed by atoms with Gasteiger partial charge in [0.25, 0.3) is 5.91 Å². The minimum atomic E-state index is -0.579. The number of aromatic nitrogens is 3. The van der Waals surface area contributed by atoms with Crippen LogP contribution in [0.4, 0.5) is 4.39 Å². The average molecular weight is 350 g/mol. The standard InChI is InChI=1S/C20H19FN4O/c21-19-9-8-16(11-22-19)20(26)24-10-4-7-17(12-24)25-13-18(23-14-25)15-5-2-1-3-6-15/h1-3,5-6,8-9,11,13-14,17H,4,7,10,12H2. The van der Waals surface area contributed by atoms with E-state index in [4.69, 9.17) is 0 Å². The monoisotopic (exact) mass is 350 g/mol. The molecule has 5 nitrogen and oxygen atoms in total. The van der Waals surface area contributed by atoms with Crippen molar-refractivity contribution in [3.63, 3.8) is 0 Å². The number of pyridine rings is 1. The van der Waals surface area contributed by atoms with Gasteiger partial charge in [0, 0.05) is 31.0 Å². The van der Waals surface area contributed by atoms with E-state index in [1.807, 2.05) is 47.8 Å². The van der Waals surface area contributed by atoms with Crippen molar-refractivity contribution in [1.29, 1.82) is 0 Å². The Labute approximate surface area is 151 Å². The number of amides is 1. The number of rotatable bonds is 3. The van der Waals surface area contributed by atoms with Gasteiger partial charge in [-0.1, -0.05) is 30.3 Å². The SMILES string of the molecule is O=C(c1ccc(F)nc1)N1CCCC(n2cnc(-c3ccccc3)c2)C1. The van der Waals surface area contributed by atoms with Crippen molar-refractivity contribution in [1.82, 2.24) is 19.4 Å². The van der Waals surface area contributed by atoms with Gasteiger partial charge in [-0.3, -0.25) is 4.79 Å². The van der Waals surface area contributed by atoms with Crippen LogP contribution in [-0.4, -0.2) is 38.4 Å². The van der Waals surface area contributed by atoms with Crippen LogP contribution < -0.4 is 0 Å². The fourth-order valence-corrected chi connectivity index (χ4v) is 3.36. The van der Waals surface area contributed by atoms with E-state index < -0.39 is 5.95 Å². The van der Waals surface area contributed by atoms with Crippen molar-refractivity contribution < 1.29 is 9.18 Å². The number of hydrogen-bond acceptors (Lipinski definition) is 3. The van der Waals surface area contributed by atoms with E-state index >= 15 is 0 Å². The number of benzene rings is 1. The van der Waals surface area contributed by atoms with E-state index in [1.54, 1.807) is 0 Å². The van der Waals surface area contributed by atoms with Crippen LogP contribution >= 0.6 is 0 Å². The summed E-state index contributed by atoms with van der Waals surface area (Å²) in [5.41, 5.74) is 2.42. The largest absolute Gasteiger partial charge is 0.337 e. The Bertz CT molecular complexity index is 892. The third-order valence-corrected chi connectivity index (χ3v) is 4.75. The van der Waals surface area contributed by atoms with Crippen molar-refractivity contribution in [2.24, 2.45) is 0 Å². The maximum absolute atomic E-state index is 13.0. The molecule has 26 heavy (non-hydrogen) atoms. The van der Waals surface area contributed by atoms with Crippen LogP contribution in [0.15, 0.2) is 61.2 Å². The van der Waals surface area contributed by atoms with Crippen LogP contribution in [0, 0.1) is 5.95 Å². The lowest BCUT2D eigenvalue weighted by Gasteiger charge is -2.33. The predicted octanol–water partition coefficient (Wildman–Crippen LogP) is 3.56. The molecule has 1 unspecified atom stereocenters. The summed E-state index contributed by atoms with van der Waals surface area (Å²) in [6.07, 6.45) is 7.08. The maximum atomic E-state index is 13.0. The topological polar surface area (TPSA) is 51.0 Å². The molecule has 4 rings (SSSR count). The number of halogens is 1. The lowest BCUT2D eigenvalue weighted by molar-refractivity contribution is 0.0679. The molecule has 0 bridgehead atoms. The molecule has 1 aromatic carbocycles. The molecular formula is C20H19FN4O. The van der Waals surface area contributed by atoms with E-state index in [2.05, 4.69) is 14.5 Å². The number of likely N-dealkylation sites (tertiary alicyclic amines) is 1. The highest BCUT2D eigenvalue weighted by molar-refractivity contribution is 5.93. The second-order valence-corrected chi connectivity index (χ2v) is 6.49. The van der Waals surface area contributed by atoms with Crippen molar-refractivity contribution in [2.75, 3.05) is 13.1 Å². The highest BCUT2D eigenvalue weighted by Gasteiger charge is 2.26. The number of piperidine rings is 1. The second-order valence-electron chi connectivity index (χ2n) is 6.49. The highest BCUT2D eigenvalue weighted by Crippen LogP contribution is 2.25. The number of hydrogen-bond donors (Lipinski definition) is 0. The van der Waals surface area contributed by atoms with Gasteiger partial charge >= 0.3 is 0 Å². The van der Waals surface area contributed by atoms with Gasteiger partial charge in [0.2, 0.25) is 5.95 Å². The summed E-state index contributed by atoms with van der Waals surface area (Å²) in [7, 11) is 0. The minimum Gasteiger partial charge on any atom is -0.337 e. The first kappa shape index (κ1) is 16.4. The Hall–Kier alpha value is -3.02. The van der Waals surface area contributed by atoms with E-state index in [9.17, 15) is 9.18 Å². The van der Waals surface area contributed by atoms with Gasteiger partial charge in [-0.25, -0.2) is 9.97 Å². The first-order valence-corrected chi connectivity index (χ1v) is 8.70. The smallest absolute Gasteiger partial charge is 0.255 e. The van der Waals surface area contributed by atoms with Crippen LogP contribution in [0.1, 0.15) is 29.2 Å². The molecule has 132 valence electrons. The summed E-state index contributed by atoms with van der Waals surface area (Å²) in [5.74, 6) is -0.685. The van der Waals surface area contributed by atoms with E-state index in [1.165, 1.54) is 18.3 Å². The molecule has 6 heteroatoms. The molecule has 1 atom stereocenters. The van der Waals surface area contributed by atoms with Gasteiger partial charge in [-0.15, -0.1) is 0 Å². The van der Waals surface area contributed by atoms with Crippen LogP contribution in [0.25, 0.3) is 11.3 Å². The average Bonchev–Trinajstić information content (AvgIpc) is 3.19. The summed E-state index contributed by atoms with van der Waals surface area (Å²) in [6.45, 7) is 1.31. The molecule has 1 saturated heterocycles. The zero-order chi connectivity index (χ0) is 17.9. The van der Waals surface area contributed by atoms with E-state index in [0.29, 0.717) is 18.7 Å². The fourth-order valence-electron chi connectivity index (χ4n) is 3.36. The van der Waals surface area contributed by atoms with Gasteiger partial charge in [-0.2, -0.15) is 4.39 Å². The maximum Gasteiger partial charge on any atom is 0.255 e. The third-order valence-electron chi connectivity index (χ3n) is 4.75. The van der Waals surface area contributed by atoms with Crippen LogP contribution in [0.2, 0.25) is 0 Å². The Kier molecular flexibility index (Phi) is 4.48. The van der Waals surface area contributed by atoms with Gasteiger partial charge in [0.1, 0.15) is 0 Å². The third kappa shape index (κ3) is 3.35. The molecule has 1 amide bonds. The lowest BCUT2D eigenvalue weighted by atomic mass is 10.0. The molecule has 0 saturated carbocycles. The van der Waals surface area contributed by atoms with Gasteiger partial charge in [0.05, 0.1) is 23.6 Å². The first-order chi connectivity index (χ1) is 12.7. The van der Waals surface area contributed by atoms with Crippen molar-refractivity contribution >= 4 is 5.91 Å². The van der Waals surface area contributed by atoms with Crippen molar-refractivity contribution in [3.8, 4) is 11.3 Å². The second kappa shape index (κ2) is 7.07. The van der Waals surface area contributed by atoms with Gasteiger partial charge in [0.15, 0.2) is 0 Å². The molecule has 2 aromatic heterocycles. The Balaban J connectivity index is 1.49. The summed E-state index contributed by atoms with van der Waals surface area (Å²) in [4.78, 5) is 22.6. The fraction of sp³-hybridized carbons (Fsp3) is 0.250. The highest BCUT2D eigenvalue weighted by atomic mass is 19.1. The quantitative estimate of drug-likeness (QED) is 0.679. The molecule has 0 N–H and O–H groups in total. The molecule has 3 aromatic rings. The van der Waals surface area contributed by atoms with E-state index in [0.717, 1.165) is 24.1 Å². The Morgan fingerprint density at radius 2 is 1.96 bits per heavy atom. The number of carbonyl (C=O) groups is 1. The lowest BCUT2D eigenvalue weighted by Crippen LogP contribution is -2.40. The number of nitrogens with zero attached hydrogens (tertiary/aromatic N) is 4. The molecule has 1 aliphatic heterocycles. The first-order valence-electron chi connectivity index (χ1n) is 8.70. The molecule has 0 aliphatic carbocycles. The number of carbonyl (C=O) groups excluding carboxylic acids is 1. The number of imidazole rings is 1.